The molecule has 0 amide bonds. The SMILES string of the molecule is NCc1nnn(-c2cccc3ccccc23)c1-c1cccnc1. The first-order chi connectivity index (χ1) is 11.4. The third kappa shape index (κ3) is 2.27. The minimum Gasteiger partial charge on any atom is -0.325 e. The van der Waals surface area contributed by atoms with Crippen molar-refractivity contribution in [3.05, 3.63) is 72.7 Å². The maximum Gasteiger partial charge on any atom is 0.105 e. The van der Waals surface area contributed by atoms with Gasteiger partial charge in [-0.3, -0.25) is 4.98 Å². The highest BCUT2D eigenvalue weighted by atomic mass is 15.4. The van der Waals surface area contributed by atoms with Crippen molar-refractivity contribution in [3.8, 4) is 16.9 Å². The van der Waals surface area contributed by atoms with E-state index in [4.69, 9.17) is 5.73 Å². The van der Waals surface area contributed by atoms with Gasteiger partial charge in [0.25, 0.3) is 0 Å². The summed E-state index contributed by atoms with van der Waals surface area (Å²) in [6, 6.07) is 18.3. The lowest BCUT2D eigenvalue weighted by molar-refractivity contribution is 0.804. The van der Waals surface area contributed by atoms with Gasteiger partial charge in [0.1, 0.15) is 11.4 Å². The molecule has 5 heteroatoms. The highest BCUT2D eigenvalue weighted by Gasteiger charge is 2.16. The summed E-state index contributed by atoms with van der Waals surface area (Å²) in [6.45, 7) is 0.328. The number of nitrogens with two attached hydrogens (primary N) is 1. The number of pyridine rings is 1. The zero-order valence-electron chi connectivity index (χ0n) is 12.4. The topological polar surface area (TPSA) is 69.6 Å². The largest absolute Gasteiger partial charge is 0.325 e. The van der Waals surface area contributed by atoms with Gasteiger partial charge in [-0.15, -0.1) is 5.10 Å². The molecule has 0 atom stereocenters. The third-order valence-corrected chi connectivity index (χ3v) is 3.86. The zero-order valence-corrected chi connectivity index (χ0v) is 12.4. The highest BCUT2D eigenvalue weighted by Crippen LogP contribution is 2.28. The van der Waals surface area contributed by atoms with Crippen LogP contribution in [0, 0.1) is 0 Å². The Bertz CT molecular complexity index is 954. The Kier molecular flexibility index (Phi) is 3.33. The van der Waals surface area contributed by atoms with Crippen molar-refractivity contribution in [1.82, 2.24) is 20.0 Å². The van der Waals surface area contributed by atoms with E-state index in [1.54, 1.807) is 12.4 Å². The molecule has 5 nitrogen and oxygen atoms in total. The van der Waals surface area contributed by atoms with Gasteiger partial charge in [0.05, 0.1) is 5.69 Å². The van der Waals surface area contributed by atoms with Crippen LogP contribution in [0.25, 0.3) is 27.7 Å². The van der Waals surface area contributed by atoms with E-state index >= 15 is 0 Å². The summed E-state index contributed by atoms with van der Waals surface area (Å²) in [7, 11) is 0. The number of benzene rings is 2. The van der Waals surface area contributed by atoms with Crippen molar-refractivity contribution >= 4 is 10.8 Å². The summed E-state index contributed by atoms with van der Waals surface area (Å²) in [5.74, 6) is 0. The molecule has 23 heavy (non-hydrogen) atoms. The maximum atomic E-state index is 5.86. The lowest BCUT2D eigenvalue weighted by Crippen LogP contribution is -2.03. The van der Waals surface area contributed by atoms with Crippen molar-refractivity contribution < 1.29 is 0 Å². The van der Waals surface area contributed by atoms with Crippen LogP contribution in [0.5, 0.6) is 0 Å². The monoisotopic (exact) mass is 301 g/mol. The molecule has 0 saturated heterocycles. The molecule has 0 unspecified atom stereocenters. The van der Waals surface area contributed by atoms with E-state index in [-0.39, 0.29) is 0 Å². The molecule has 2 heterocycles. The summed E-state index contributed by atoms with van der Waals surface area (Å²) >= 11 is 0. The second-order valence-electron chi connectivity index (χ2n) is 5.24. The van der Waals surface area contributed by atoms with Crippen LogP contribution < -0.4 is 5.73 Å². The lowest BCUT2D eigenvalue weighted by Gasteiger charge is -2.10. The Balaban J connectivity index is 2.01. The molecule has 0 radical (unpaired) electrons. The van der Waals surface area contributed by atoms with E-state index in [1.165, 1.54) is 0 Å². The van der Waals surface area contributed by atoms with Crippen molar-refractivity contribution in [3.63, 3.8) is 0 Å². The Morgan fingerprint density at radius 2 is 1.83 bits per heavy atom. The van der Waals surface area contributed by atoms with Gasteiger partial charge in [-0.1, -0.05) is 41.6 Å². The number of rotatable bonds is 3. The van der Waals surface area contributed by atoms with Crippen LogP contribution in [-0.2, 0) is 6.54 Å². The van der Waals surface area contributed by atoms with E-state index in [2.05, 4.69) is 33.5 Å². The second kappa shape index (κ2) is 5.62. The van der Waals surface area contributed by atoms with Crippen LogP contribution in [0.1, 0.15) is 5.69 Å². The van der Waals surface area contributed by atoms with E-state index in [0.29, 0.717) is 6.54 Å². The number of fused-ring (bicyclic) bond motifs is 1. The molecule has 0 bridgehead atoms. The molecule has 2 aromatic carbocycles. The number of hydrogen-bond donors (Lipinski definition) is 1. The predicted molar refractivity (Wildman–Crippen MR) is 90.0 cm³/mol. The van der Waals surface area contributed by atoms with Gasteiger partial charge in [-0.2, -0.15) is 0 Å². The van der Waals surface area contributed by atoms with Gasteiger partial charge >= 0.3 is 0 Å². The fourth-order valence-corrected chi connectivity index (χ4v) is 2.80. The van der Waals surface area contributed by atoms with Gasteiger partial charge in [0.15, 0.2) is 0 Å². The van der Waals surface area contributed by atoms with Crippen LogP contribution in [0.2, 0.25) is 0 Å². The molecule has 4 aromatic rings. The molecular weight excluding hydrogens is 286 g/mol. The molecule has 2 N–H and O–H groups in total. The summed E-state index contributed by atoms with van der Waals surface area (Å²) in [4.78, 5) is 4.20. The fraction of sp³-hybridized carbons (Fsp3) is 0.0556. The molecule has 0 aliphatic rings. The minimum absolute atomic E-state index is 0.328. The quantitative estimate of drug-likeness (QED) is 0.631. The molecule has 2 aromatic heterocycles. The Morgan fingerprint density at radius 3 is 2.65 bits per heavy atom. The Morgan fingerprint density at radius 1 is 0.957 bits per heavy atom. The van der Waals surface area contributed by atoms with E-state index < -0.39 is 0 Å². The van der Waals surface area contributed by atoms with Crippen LogP contribution in [0.4, 0.5) is 0 Å². The molecule has 0 saturated carbocycles. The van der Waals surface area contributed by atoms with Crippen molar-refractivity contribution in [2.45, 2.75) is 6.54 Å². The van der Waals surface area contributed by atoms with E-state index in [1.807, 2.05) is 41.1 Å². The predicted octanol–water partition coefficient (Wildman–Crippen LogP) is 2.94. The first-order valence-electron chi connectivity index (χ1n) is 7.41. The average Bonchev–Trinajstić information content (AvgIpc) is 3.06. The zero-order chi connectivity index (χ0) is 15.6. The Labute approximate surface area is 133 Å². The number of nitrogens with zero attached hydrogens (tertiary/aromatic N) is 4. The lowest BCUT2D eigenvalue weighted by atomic mass is 10.1. The van der Waals surface area contributed by atoms with Crippen molar-refractivity contribution in [2.24, 2.45) is 5.73 Å². The molecule has 0 spiro atoms. The number of aromatic nitrogens is 4. The van der Waals surface area contributed by atoms with Gasteiger partial charge in [0.2, 0.25) is 0 Å². The fourth-order valence-electron chi connectivity index (χ4n) is 2.80. The summed E-state index contributed by atoms with van der Waals surface area (Å²) in [5.41, 5.74) is 9.43. The van der Waals surface area contributed by atoms with Gasteiger partial charge in [-0.05, 0) is 23.6 Å². The first-order valence-corrected chi connectivity index (χ1v) is 7.41. The summed E-state index contributed by atoms with van der Waals surface area (Å²) in [5, 5.41) is 10.9. The normalized spacial score (nSPS) is 11.0. The molecule has 0 aliphatic heterocycles. The average molecular weight is 301 g/mol. The minimum atomic E-state index is 0.328. The number of hydrogen-bond acceptors (Lipinski definition) is 4. The van der Waals surface area contributed by atoms with Crippen molar-refractivity contribution in [1.29, 1.82) is 0 Å². The summed E-state index contributed by atoms with van der Waals surface area (Å²) in [6.07, 6.45) is 3.55. The standard InChI is InChI=1S/C18H15N5/c19-11-16-18(14-7-4-10-20-12-14)23(22-21-16)17-9-3-6-13-5-1-2-8-15(13)17/h1-10,12H,11,19H2. The van der Waals surface area contributed by atoms with Gasteiger partial charge in [0, 0.05) is 29.9 Å². The first kappa shape index (κ1) is 13.6. The van der Waals surface area contributed by atoms with Gasteiger partial charge < -0.3 is 5.73 Å². The smallest absolute Gasteiger partial charge is 0.105 e. The molecular formula is C18H15N5. The highest BCUT2D eigenvalue weighted by molar-refractivity contribution is 5.90. The second-order valence-corrected chi connectivity index (χ2v) is 5.24. The van der Waals surface area contributed by atoms with Crippen LogP contribution in [-0.4, -0.2) is 20.0 Å². The van der Waals surface area contributed by atoms with Crippen LogP contribution >= 0.6 is 0 Å². The van der Waals surface area contributed by atoms with Crippen LogP contribution in [0.15, 0.2) is 67.0 Å². The van der Waals surface area contributed by atoms with Crippen molar-refractivity contribution in [2.75, 3.05) is 0 Å². The molecule has 0 fully saturated rings. The maximum absolute atomic E-state index is 5.86. The molecule has 112 valence electrons. The third-order valence-electron chi connectivity index (χ3n) is 3.86. The molecule has 0 aliphatic carbocycles. The van der Waals surface area contributed by atoms with E-state index in [0.717, 1.165) is 33.4 Å². The Hall–Kier alpha value is -3.05. The van der Waals surface area contributed by atoms with Gasteiger partial charge in [-0.25, -0.2) is 4.68 Å². The van der Waals surface area contributed by atoms with E-state index in [9.17, 15) is 0 Å². The van der Waals surface area contributed by atoms with Crippen LogP contribution in [0.3, 0.4) is 0 Å². The molecule has 4 rings (SSSR count). The summed E-state index contributed by atoms with van der Waals surface area (Å²) < 4.78 is 1.85.